The standard InChI is InChI=1S/C33H32ClN3O6S/c1-5-41-33(40)29-20(2)22(4)44-32(29)36-31(39)25-10-16-28(17-11-25)43-21(3)30(38)37-35-18-23-8-14-27(15-9-23)42-19-24-6-12-26(34)13-7-24/h6-18,21H,5,19H2,1-4H3,(H,36,39)(H,37,38). The van der Waals surface area contributed by atoms with Crippen molar-refractivity contribution in [2.24, 2.45) is 5.10 Å². The largest absolute Gasteiger partial charge is 0.489 e. The van der Waals surface area contributed by atoms with E-state index in [4.69, 9.17) is 25.8 Å². The van der Waals surface area contributed by atoms with Crippen LogP contribution in [0.25, 0.3) is 0 Å². The molecular weight excluding hydrogens is 602 g/mol. The van der Waals surface area contributed by atoms with Crippen molar-refractivity contribution in [3.8, 4) is 11.5 Å². The minimum absolute atomic E-state index is 0.238. The van der Waals surface area contributed by atoms with Crippen LogP contribution < -0.4 is 20.2 Å². The minimum Gasteiger partial charge on any atom is -0.489 e. The van der Waals surface area contributed by atoms with Gasteiger partial charge in [0.05, 0.1) is 18.4 Å². The number of hydrogen-bond donors (Lipinski definition) is 2. The van der Waals surface area contributed by atoms with Crippen molar-refractivity contribution in [1.29, 1.82) is 0 Å². The molecule has 0 fully saturated rings. The second-order valence-corrected chi connectivity index (χ2v) is 11.3. The molecule has 4 rings (SSSR count). The van der Waals surface area contributed by atoms with Gasteiger partial charge in [0.2, 0.25) is 0 Å². The number of amides is 2. The first kappa shape index (κ1) is 32.2. The number of benzene rings is 3. The number of ether oxygens (including phenoxy) is 3. The van der Waals surface area contributed by atoms with E-state index >= 15 is 0 Å². The fourth-order valence-corrected chi connectivity index (χ4v) is 5.11. The zero-order chi connectivity index (χ0) is 31.6. The summed E-state index contributed by atoms with van der Waals surface area (Å²) < 4.78 is 16.6. The van der Waals surface area contributed by atoms with Gasteiger partial charge in [0.25, 0.3) is 11.8 Å². The molecule has 228 valence electrons. The van der Waals surface area contributed by atoms with Gasteiger partial charge in [-0.1, -0.05) is 23.7 Å². The maximum Gasteiger partial charge on any atom is 0.341 e. The second-order valence-electron chi connectivity index (χ2n) is 9.66. The Morgan fingerprint density at radius 1 is 0.955 bits per heavy atom. The Morgan fingerprint density at radius 3 is 2.27 bits per heavy atom. The first-order valence-electron chi connectivity index (χ1n) is 13.8. The van der Waals surface area contributed by atoms with Crippen LogP contribution in [0.15, 0.2) is 77.9 Å². The third-order valence-corrected chi connectivity index (χ3v) is 7.85. The number of thiophene rings is 1. The summed E-state index contributed by atoms with van der Waals surface area (Å²) in [6.45, 7) is 7.68. The molecule has 1 heterocycles. The third kappa shape index (κ3) is 8.68. The lowest BCUT2D eigenvalue weighted by atomic mass is 10.1. The van der Waals surface area contributed by atoms with Crippen LogP contribution in [0, 0.1) is 13.8 Å². The van der Waals surface area contributed by atoms with Gasteiger partial charge in [-0.25, -0.2) is 10.2 Å². The van der Waals surface area contributed by atoms with Crippen molar-refractivity contribution < 1.29 is 28.6 Å². The number of nitrogens with zero attached hydrogens (tertiary/aromatic N) is 1. The summed E-state index contributed by atoms with van der Waals surface area (Å²) in [5.41, 5.74) is 5.74. The van der Waals surface area contributed by atoms with Crippen LogP contribution in [0.3, 0.4) is 0 Å². The number of esters is 1. The normalized spacial score (nSPS) is 11.6. The highest BCUT2D eigenvalue weighted by atomic mass is 35.5. The third-order valence-electron chi connectivity index (χ3n) is 6.48. The summed E-state index contributed by atoms with van der Waals surface area (Å²) in [5, 5.41) is 7.93. The quantitative estimate of drug-likeness (QED) is 0.0992. The molecule has 0 aliphatic rings. The van der Waals surface area contributed by atoms with Gasteiger partial charge in [-0.05, 0) is 105 Å². The summed E-state index contributed by atoms with van der Waals surface area (Å²) in [4.78, 5) is 38.7. The molecule has 2 amide bonds. The first-order chi connectivity index (χ1) is 21.1. The zero-order valence-corrected chi connectivity index (χ0v) is 26.3. The van der Waals surface area contributed by atoms with Gasteiger partial charge in [0.15, 0.2) is 6.10 Å². The number of nitrogens with one attached hydrogen (secondary N) is 2. The van der Waals surface area contributed by atoms with E-state index in [0.717, 1.165) is 21.6 Å². The number of carbonyl (C=O) groups is 3. The van der Waals surface area contributed by atoms with Crippen LogP contribution in [-0.4, -0.2) is 36.7 Å². The highest BCUT2D eigenvalue weighted by Crippen LogP contribution is 2.33. The Morgan fingerprint density at radius 2 is 1.61 bits per heavy atom. The predicted octanol–water partition coefficient (Wildman–Crippen LogP) is 6.94. The van der Waals surface area contributed by atoms with Crippen molar-refractivity contribution in [1.82, 2.24) is 5.43 Å². The van der Waals surface area contributed by atoms with Crippen molar-refractivity contribution in [2.75, 3.05) is 11.9 Å². The van der Waals surface area contributed by atoms with Gasteiger partial charge in [-0.3, -0.25) is 9.59 Å². The van der Waals surface area contributed by atoms with E-state index in [9.17, 15) is 14.4 Å². The molecule has 1 aromatic heterocycles. The lowest BCUT2D eigenvalue weighted by Gasteiger charge is -2.13. The minimum atomic E-state index is -0.848. The molecular formula is C33H32ClN3O6S. The molecule has 0 aliphatic carbocycles. The summed E-state index contributed by atoms with van der Waals surface area (Å²) in [5.74, 6) is -0.202. The number of aryl methyl sites for hydroxylation is 1. The molecule has 1 atom stereocenters. The molecule has 0 saturated heterocycles. The van der Waals surface area contributed by atoms with Crippen LogP contribution >= 0.6 is 22.9 Å². The van der Waals surface area contributed by atoms with E-state index < -0.39 is 18.0 Å². The van der Waals surface area contributed by atoms with Gasteiger partial charge < -0.3 is 19.5 Å². The lowest BCUT2D eigenvalue weighted by molar-refractivity contribution is -0.127. The van der Waals surface area contributed by atoms with E-state index in [-0.39, 0.29) is 12.5 Å². The second kappa shape index (κ2) is 15.2. The van der Waals surface area contributed by atoms with E-state index in [2.05, 4.69) is 15.8 Å². The molecule has 44 heavy (non-hydrogen) atoms. The lowest BCUT2D eigenvalue weighted by Crippen LogP contribution is -2.33. The molecule has 0 aliphatic heterocycles. The number of hydrogen-bond acceptors (Lipinski definition) is 8. The Labute approximate surface area is 264 Å². The molecule has 0 bridgehead atoms. The average Bonchev–Trinajstić information content (AvgIpc) is 3.29. The molecule has 0 saturated carbocycles. The summed E-state index contributed by atoms with van der Waals surface area (Å²) in [6, 6.07) is 21.1. The summed E-state index contributed by atoms with van der Waals surface area (Å²) >= 11 is 7.23. The highest BCUT2D eigenvalue weighted by molar-refractivity contribution is 7.16. The molecule has 9 nitrogen and oxygen atoms in total. The number of hydrazone groups is 1. The molecule has 0 radical (unpaired) electrons. The van der Waals surface area contributed by atoms with Gasteiger partial charge in [-0.2, -0.15) is 5.10 Å². The van der Waals surface area contributed by atoms with Gasteiger partial charge in [-0.15, -0.1) is 11.3 Å². The van der Waals surface area contributed by atoms with Crippen molar-refractivity contribution >= 4 is 51.9 Å². The molecule has 2 N–H and O–H groups in total. The molecule has 0 spiro atoms. The van der Waals surface area contributed by atoms with Crippen LogP contribution in [0.1, 0.15) is 56.1 Å². The smallest absolute Gasteiger partial charge is 0.341 e. The molecule has 11 heteroatoms. The molecule has 4 aromatic rings. The molecule has 1 unspecified atom stereocenters. The monoisotopic (exact) mass is 633 g/mol. The first-order valence-corrected chi connectivity index (χ1v) is 15.0. The van der Waals surface area contributed by atoms with E-state index in [1.165, 1.54) is 17.6 Å². The Bertz CT molecular complexity index is 1630. The Balaban J connectivity index is 1.25. The highest BCUT2D eigenvalue weighted by Gasteiger charge is 2.22. The number of carbonyl (C=O) groups excluding carboxylic acids is 3. The van der Waals surface area contributed by atoms with Crippen LogP contribution in [0.2, 0.25) is 5.02 Å². The van der Waals surface area contributed by atoms with Gasteiger partial charge in [0, 0.05) is 15.5 Å². The number of rotatable bonds is 12. The van der Waals surface area contributed by atoms with E-state index in [1.807, 2.05) is 62.4 Å². The van der Waals surface area contributed by atoms with Crippen molar-refractivity contribution in [3.63, 3.8) is 0 Å². The fourth-order valence-electron chi connectivity index (χ4n) is 3.94. The number of halogens is 1. The summed E-state index contributed by atoms with van der Waals surface area (Å²) in [6.07, 6.45) is 0.671. The van der Waals surface area contributed by atoms with Crippen LogP contribution in [0.5, 0.6) is 11.5 Å². The fraction of sp³-hybridized carbons (Fsp3) is 0.212. The van der Waals surface area contributed by atoms with E-state index in [0.29, 0.717) is 39.3 Å². The Hall–Kier alpha value is -4.67. The average molecular weight is 634 g/mol. The van der Waals surface area contributed by atoms with Crippen molar-refractivity contribution in [3.05, 3.63) is 111 Å². The summed E-state index contributed by atoms with van der Waals surface area (Å²) in [7, 11) is 0. The van der Waals surface area contributed by atoms with Gasteiger partial charge in [0.1, 0.15) is 23.1 Å². The van der Waals surface area contributed by atoms with Crippen molar-refractivity contribution in [2.45, 2.75) is 40.4 Å². The topological polar surface area (TPSA) is 115 Å². The van der Waals surface area contributed by atoms with Crippen LogP contribution in [-0.2, 0) is 16.1 Å². The van der Waals surface area contributed by atoms with Gasteiger partial charge >= 0.3 is 5.97 Å². The van der Waals surface area contributed by atoms with E-state index in [1.54, 1.807) is 38.1 Å². The molecule has 3 aromatic carbocycles. The number of anilines is 1. The maximum absolute atomic E-state index is 12.9. The van der Waals surface area contributed by atoms with Crippen LogP contribution in [0.4, 0.5) is 5.00 Å². The maximum atomic E-state index is 12.9. The SMILES string of the molecule is CCOC(=O)c1c(NC(=O)c2ccc(OC(C)C(=O)NN=Cc3ccc(OCc4ccc(Cl)cc4)cc3)cc2)sc(C)c1C. The zero-order valence-electron chi connectivity index (χ0n) is 24.7. The Kier molecular flexibility index (Phi) is 11.1. The predicted molar refractivity (Wildman–Crippen MR) is 172 cm³/mol.